The standard InChI is InChI=1S/C11H14F6N4/c1-3-4-21(6-10(12,13)14)8-5-7(11(15,16)17)19-9(18-2)20-8/h5H,3-4,6H2,1-2H3,(H,18,19,20). The molecule has 120 valence electrons. The van der Waals surface area contributed by atoms with E-state index in [0.29, 0.717) is 12.5 Å². The molecule has 1 rings (SSSR count). The fraction of sp³-hybridized carbons (Fsp3) is 0.636. The van der Waals surface area contributed by atoms with Crippen molar-refractivity contribution < 1.29 is 26.3 Å². The first kappa shape index (κ1) is 17.3. The van der Waals surface area contributed by atoms with Crippen LogP contribution in [0.5, 0.6) is 0 Å². The lowest BCUT2D eigenvalue weighted by Gasteiger charge is -2.25. The molecule has 1 heterocycles. The SMILES string of the molecule is CCCN(CC(F)(F)F)c1cc(C(F)(F)F)nc(NC)n1. The van der Waals surface area contributed by atoms with Gasteiger partial charge in [0.1, 0.15) is 12.4 Å². The number of hydrogen-bond donors (Lipinski definition) is 1. The van der Waals surface area contributed by atoms with Gasteiger partial charge in [0.05, 0.1) is 0 Å². The summed E-state index contributed by atoms with van der Waals surface area (Å²) in [6.45, 7) is 0.170. The number of nitrogens with zero attached hydrogens (tertiary/aromatic N) is 3. The second-order valence-corrected chi connectivity index (χ2v) is 4.22. The van der Waals surface area contributed by atoms with Crippen molar-refractivity contribution in [1.82, 2.24) is 9.97 Å². The third-order valence-electron chi connectivity index (χ3n) is 2.41. The van der Waals surface area contributed by atoms with Gasteiger partial charge >= 0.3 is 12.4 Å². The van der Waals surface area contributed by atoms with Crippen molar-refractivity contribution in [2.24, 2.45) is 0 Å². The van der Waals surface area contributed by atoms with Gasteiger partial charge in [-0.3, -0.25) is 0 Å². The van der Waals surface area contributed by atoms with E-state index in [1.807, 2.05) is 0 Å². The summed E-state index contributed by atoms with van der Waals surface area (Å²) in [4.78, 5) is 7.63. The minimum absolute atomic E-state index is 0.0724. The first-order chi connectivity index (χ1) is 9.56. The van der Waals surface area contributed by atoms with Crippen LogP contribution in [0, 0.1) is 0 Å². The first-order valence-corrected chi connectivity index (χ1v) is 6.02. The van der Waals surface area contributed by atoms with E-state index < -0.39 is 30.4 Å². The van der Waals surface area contributed by atoms with Crippen molar-refractivity contribution in [3.8, 4) is 0 Å². The Morgan fingerprint density at radius 1 is 1.14 bits per heavy atom. The van der Waals surface area contributed by atoms with Crippen LogP contribution >= 0.6 is 0 Å². The van der Waals surface area contributed by atoms with Crippen LogP contribution in [0.1, 0.15) is 19.0 Å². The molecule has 10 heteroatoms. The highest BCUT2D eigenvalue weighted by Crippen LogP contribution is 2.31. The zero-order chi connectivity index (χ0) is 16.3. The summed E-state index contributed by atoms with van der Waals surface area (Å²) in [5.41, 5.74) is -1.29. The van der Waals surface area contributed by atoms with Crippen LogP contribution < -0.4 is 10.2 Å². The highest BCUT2D eigenvalue weighted by molar-refractivity contribution is 5.45. The Bertz CT molecular complexity index is 471. The van der Waals surface area contributed by atoms with Crippen molar-refractivity contribution in [3.05, 3.63) is 11.8 Å². The summed E-state index contributed by atoms with van der Waals surface area (Å²) in [7, 11) is 1.28. The molecule has 0 radical (unpaired) electrons. The number of aromatic nitrogens is 2. The van der Waals surface area contributed by atoms with Crippen LogP contribution in [0.15, 0.2) is 6.07 Å². The van der Waals surface area contributed by atoms with Gasteiger partial charge < -0.3 is 10.2 Å². The van der Waals surface area contributed by atoms with Gasteiger partial charge in [0, 0.05) is 19.7 Å². The third-order valence-corrected chi connectivity index (χ3v) is 2.41. The molecule has 0 saturated heterocycles. The zero-order valence-electron chi connectivity index (χ0n) is 11.3. The molecule has 0 aliphatic rings. The fourth-order valence-electron chi connectivity index (χ4n) is 1.61. The Hall–Kier alpha value is -1.74. The molecule has 0 amide bonds. The van der Waals surface area contributed by atoms with E-state index in [-0.39, 0.29) is 12.5 Å². The summed E-state index contributed by atoms with van der Waals surface area (Å²) in [6.07, 6.45) is -8.98. The van der Waals surface area contributed by atoms with Crippen LogP contribution in [-0.2, 0) is 6.18 Å². The van der Waals surface area contributed by atoms with E-state index >= 15 is 0 Å². The number of hydrogen-bond acceptors (Lipinski definition) is 4. The topological polar surface area (TPSA) is 41.1 Å². The van der Waals surface area contributed by atoms with Crippen LogP contribution in [-0.4, -0.2) is 36.3 Å². The zero-order valence-corrected chi connectivity index (χ0v) is 11.3. The minimum Gasteiger partial charge on any atom is -0.357 e. The monoisotopic (exact) mass is 316 g/mol. The van der Waals surface area contributed by atoms with E-state index in [9.17, 15) is 26.3 Å². The summed E-state index contributed by atoms with van der Waals surface area (Å²) in [5.74, 6) is -0.802. The molecule has 1 aromatic rings. The molecule has 0 spiro atoms. The molecule has 4 nitrogen and oxygen atoms in total. The van der Waals surface area contributed by atoms with E-state index in [1.54, 1.807) is 6.92 Å². The Morgan fingerprint density at radius 2 is 1.76 bits per heavy atom. The second-order valence-electron chi connectivity index (χ2n) is 4.22. The number of halogens is 6. The van der Waals surface area contributed by atoms with Crippen molar-refractivity contribution in [2.75, 3.05) is 30.4 Å². The van der Waals surface area contributed by atoms with Gasteiger partial charge in [-0.15, -0.1) is 0 Å². The Labute approximate surface area is 117 Å². The van der Waals surface area contributed by atoms with Gasteiger partial charge in [0.25, 0.3) is 0 Å². The van der Waals surface area contributed by atoms with Gasteiger partial charge in [-0.25, -0.2) is 4.98 Å². The average molecular weight is 316 g/mol. The van der Waals surface area contributed by atoms with E-state index in [1.165, 1.54) is 7.05 Å². The van der Waals surface area contributed by atoms with Crippen molar-refractivity contribution >= 4 is 11.8 Å². The summed E-state index contributed by atoms with van der Waals surface area (Å²) in [6, 6.07) is 0.516. The molecule has 0 aliphatic carbocycles. The molecule has 0 aliphatic heterocycles. The maximum absolute atomic E-state index is 12.7. The lowest BCUT2D eigenvalue weighted by atomic mass is 10.3. The lowest BCUT2D eigenvalue weighted by molar-refractivity contribution is -0.141. The molecule has 0 unspecified atom stereocenters. The summed E-state index contributed by atoms with van der Waals surface area (Å²) < 4.78 is 75.7. The maximum Gasteiger partial charge on any atom is 0.433 e. The van der Waals surface area contributed by atoms with Crippen LogP contribution in [0.25, 0.3) is 0 Å². The first-order valence-electron chi connectivity index (χ1n) is 6.02. The van der Waals surface area contributed by atoms with Gasteiger partial charge in [-0.2, -0.15) is 31.3 Å². The molecule has 0 bridgehead atoms. The lowest BCUT2D eigenvalue weighted by Crippen LogP contribution is -2.35. The second kappa shape index (κ2) is 6.35. The highest BCUT2D eigenvalue weighted by atomic mass is 19.4. The molecule has 0 aromatic carbocycles. The van der Waals surface area contributed by atoms with Crippen molar-refractivity contribution in [2.45, 2.75) is 25.7 Å². The van der Waals surface area contributed by atoms with Crippen molar-refractivity contribution in [1.29, 1.82) is 0 Å². The number of rotatable bonds is 5. The fourth-order valence-corrected chi connectivity index (χ4v) is 1.61. The van der Waals surface area contributed by atoms with E-state index in [0.717, 1.165) is 4.90 Å². The number of alkyl halides is 6. The molecule has 0 saturated carbocycles. The summed E-state index contributed by atoms with van der Waals surface area (Å²) in [5, 5.41) is 2.31. The Morgan fingerprint density at radius 3 is 2.19 bits per heavy atom. The molecule has 0 atom stereocenters. The van der Waals surface area contributed by atoms with Crippen LogP contribution in [0.4, 0.5) is 38.1 Å². The predicted molar refractivity (Wildman–Crippen MR) is 65.1 cm³/mol. The van der Waals surface area contributed by atoms with Gasteiger partial charge in [-0.1, -0.05) is 6.92 Å². The van der Waals surface area contributed by atoms with Gasteiger partial charge in [-0.05, 0) is 6.42 Å². The summed E-state index contributed by atoms with van der Waals surface area (Å²) >= 11 is 0. The normalized spacial score (nSPS) is 12.4. The number of anilines is 2. The molecular weight excluding hydrogens is 302 g/mol. The largest absolute Gasteiger partial charge is 0.433 e. The quantitative estimate of drug-likeness (QED) is 0.846. The maximum atomic E-state index is 12.7. The van der Waals surface area contributed by atoms with Crippen molar-refractivity contribution in [3.63, 3.8) is 0 Å². The Balaban J connectivity index is 3.23. The molecule has 21 heavy (non-hydrogen) atoms. The average Bonchev–Trinajstić information content (AvgIpc) is 2.35. The van der Waals surface area contributed by atoms with Gasteiger partial charge in [0.15, 0.2) is 5.69 Å². The Kier molecular flexibility index (Phi) is 5.24. The van der Waals surface area contributed by atoms with E-state index in [4.69, 9.17) is 0 Å². The molecule has 1 N–H and O–H groups in total. The predicted octanol–water partition coefficient (Wildman–Crippen LogP) is 3.32. The van der Waals surface area contributed by atoms with Gasteiger partial charge in [0.2, 0.25) is 5.95 Å². The molecule has 1 aromatic heterocycles. The number of nitrogens with one attached hydrogen (secondary N) is 1. The molecular formula is C11H14F6N4. The molecule has 0 fully saturated rings. The van der Waals surface area contributed by atoms with Crippen LogP contribution in [0.3, 0.4) is 0 Å². The minimum atomic E-state index is -4.76. The van der Waals surface area contributed by atoms with E-state index in [2.05, 4.69) is 15.3 Å². The highest BCUT2D eigenvalue weighted by Gasteiger charge is 2.36. The van der Waals surface area contributed by atoms with Crippen LogP contribution in [0.2, 0.25) is 0 Å². The third kappa shape index (κ3) is 5.27. The smallest absolute Gasteiger partial charge is 0.357 e.